The second-order valence-electron chi connectivity index (χ2n) is 2.50. The van der Waals surface area contributed by atoms with E-state index in [1.807, 2.05) is 0 Å². The van der Waals surface area contributed by atoms with Crippen molar-refractivity contribution < 1.29 is 35.0 Å². The molecule has 0 aromatic carbocycles. The Kier molecular flexibility index (Phi) is 7.44. The normalized spacial score (nSPS) is 10.7. The van der Waals surface area contributed by atoms with E-state index < -0.39 is 20.8 Å². The number of nitrogens with zero attached hydrogens (tertiary/aromatic N) is 2. The van der Waals surface area contributed by atoms with Crippen LogP contribution in [0.4, 0.5) is 11.5 Å². The first-order valence-electron chi connectivity index (χ1n) is 3.64. The van der Waals surface area contributed by atoms with Crippen LogP contribution in [0.5, 0.6) is 0 Å². The summed E-state index contributed by atoms with van der Waals surface area (Å²) in [5, 5.41) is 3.78. The van der Waals surface area contributed by atoms with Gasteiger partial charge < -0.3 is 11.5 Å². The first kappa shape index (κ1) is 18.9. The molecule has 0 bridgehead atoms. The zero-order valence-corrected chi connectivity index (χ0v) is 10.5. The van der Waals surface area contributed by atoms with Crippen LogP contribution in [0.2, 0.25) is 0 Å². The summed E-state index contributed by atoms with van der Waals surface area (Å²) in [4.78, 5) is 0. The van der Waals surface area contributed by atoms with Gasteiger partial charge in [0, 0.05) is 7.05 Å². The molecule has 1 heterocycles. The van der Waals surface area contributed by atoms with Crippen molar-refractivity contribution in [3.63, 3.8) is 0 Å². The lowest BCUT2D eigenvalue weighted by Gasteiger charge is -1.90. The fourth-order valence-corrected chi connectivity index (χ4v) is 0.464. The van der Waals surface area contributed by atoms with Crippen LogP contribution < -0.4 is 11.5 Å². The smallest absolute Gasteiger partial charge is 0.394 e. The highest BCUT2D eigenvalue weighted by atomic mass is 32.3. The van der Waals surface area contributed by atoms with Gasteiger partial charge in [-0.3, -0.25) is 22.9 Å². The summed E-state index contributed by atoms with van der Waals surface area (Å²) in [5.41, 5.74) is 11.2. The lowest BCUT2D eigenvalue weighted by atomic mass is 10.5. The van der Waals surface area contributed by atoms with Gasteiger partial charge in [0.25, 0.3) is 0 Å². The van der Waals surface area contributed by atoms with Crippen molar-refractivity contribution in [2.45, 2.75) is 0 Å². The van der Waals surface area contributed by atoms with Gasteiger partial charge in [-0.2, -0.15) is 21.9 Å². The quantitative estimate of drug-likeness (QED) is 0.296. The van der Waals surface area contributed by atoms with Crippen LogP contribution in [-0.4, -0.2) is 44.8 Å². The number of nitrogen functional groups attached to an aromatic ring is 2. The molecule has 14 heteroatoms. The van der Waals surface area contributed by atoms with Crippen LogP contribution in [0, 0.1) is 0 Å². The zero-order chi connectivity index (χ0) is 15.1. The van der Waals surface area contributed by atoms with E-state index in [-0.39, 0.29) is 0 Å². The summed E-state index contributed by atoms with van der Waals surface area (Å²) >= 11 is 0. The average Bonchev–Trinajstić information content (AvgIpc) is 2.30. The monoisotopic (exact) mass is 308 g/mol. The molecular formula is C4H12N4O8S2. The van der Waals surface area contributed by atoms with Crippen LogP contribution in [0.15, 0.2) is 6.20 Å². The van der Waals surface area contributed by atoms with E-state index in [2.05, 4.69) is 5.10 Å². The molecule has 0 aliphatic rings. The Labute approximate surface area is 102 Å². The second-order valence-corrected chi connectivity index (χ2v) is 4.30. The fraction of sp³-hybridized carbons (Fsp3) is 0.250. The molecule has 0 spiro atoms. The molecular weight excluding hydrogens is 296 g/mol. The molecule has 0 radical (unpaired) electrons. The third-order valence-electron chi connectivity index (χ3n) is 1.01. The molecule has 0 unspecified atom stereocenters. The van der Waals surface area contributed by atoms with E-state index >= 15 is 0 Å². The van der Waals surface area contributed by atoms with E-state index in [4.69, 9.17) is 46.5 Å². The number of hydrogen-bond acceptors (Lipinski definition) is 7. The summed E-state index contributed by atoms with van der Waals surface area (Å²) < 4.78 is 64.7. The van der Waals surface area contributed by atoms with Gasteiger partial charge in [-0.15, -0.1) is 0 Å². The minimum absolute atomic E-state index is 0.519. The number of hydrogen-bond donors (Lipinski definition) is 6. The molecule has 1 aromatic heterocycles. The highest BCUT2D eigenvalue weighted by Gasteiger charge is 1.95. The Morgan fingerprint density at radius 2 is 1.33 bits per heavy atom. The predicted octanol–water partition coefficient (Wildman–Crippen LogP) is -1.72. The molecule has 1 aromatic rings. The van der Waals surface area contributed by atoms with Crippen LogP contribution >= 0.6 is 0 Å². The third-order valence-corrected chi connectivity index (χ3v) is 1.01. The van der Waals surface area contributed by atoms with Crippen LogP contribution in [-0.2, 0) is 27.8 Å². The standard InChI is InChI=1S/C4H8N4.2H2O4S/c1-8-4(6)3(5)2-7-8;2*1-5(2,3)4/h2H,5-6H2,1H3;2*(H2,1,2,3,4). The first-order chi connectivity index (χ1) is 7.72. The number of aryl methyl sites for hydroxylation is 1. The third kappa shape index (κ3) is 20.0. The number of nitrogens with two attached hydrogens (primary N) is 2. The number of rotatable bonds is 0. The number of aromatic nitrogens is 2. The zero-order valence-electron chi connectivity index (χ0n) is 8.86. The van der Waals surface area contributed by atoms with Gasteiger partial charge in [-0.25, -0.2) is 0 Å². The minimum Gasteiger partial charge on any atom is -0.394 e. The van der Waals surface area contributed by atoms with Crippen LogP contribution in [0.3, 0.4) is 0 Å². The number of anilines is 2. The van der Waals surface area contributed by atoms with Gasteiger partial charge in [0.05, 0.1) is 11.9 Å². The molecule has 1 rings (SSSR count). The maximum absolute atomic E-state index is 8.74. The molecule has 8 N–H and O–H groups in total. The van der Waals surface area contributed by atoms with Crippen LogP contribution in [0.1, 0.15) is 0 Å². The van der Waals surface area contributed by atoms with Crippen LogP contribution in [0.25, 0.3) is 0 Å². The summed E-state index contributed by atoms with van der Waals surface area (Å²) in [7, 11) is -7.59. The van der Waals surface area contributed by atoms with E-state index in [1.54, 1.807) is 7.05 Å². The van der Waals surface area contributed by atoms with Crippen molar-refractivity contribution in [3.05, 3.63) is 6.20 Å². The summed E-state index contributed by atoms with van der Waals surface area (Å²) in [5.74, 6) is 0.519. The lowest BCUT2D eigenvalue weighted by molar-refractivity contribution is 0.378. The topological polar surface area (TPSA) is 219 Å². The largest absolute Gasteiger partial charge is 0.394 e. The van der Waals surface area contributed by atoms with Gasteiger partial charge in [-0.05, 0) is 0 Å². The average molecular weight is 308 g/mol. The Hall–Kier alpha value is -1.45. The molecule has 0 fully saturated rings. The van der Waals surface area contributed by atoms with Gasteiger partial charge in [0.15, 0.2) is 0 Å². The van der Waals surface area contributed by atoms with Gasteiger partial charge in [0.1, 0.15) is 5.82 Å². The van der Waals surface area contributed by atoms with Crippen molar-refractivity contribution in [2.75, 3.05) is 11.5 Å². The first-order valence-corrected chi connectivity index (χ1v) is 6.44. The Bertz CT molecular complexity index is 494. The maximum atomic E-state index is 8.74. The van der Waals surface area contributed by atoms with Crippen molar-refractivity contribution in [2.24, 2.45) is 7.05 Å². The fourth-order valence-electron chi connectivity index (χ4n) is 0.464. The molecule has 12 nitrogen and oxygen atoms in total. The molecule has 108 valence electrons. The van der Waals surface area contributed by atoms with Crippen molar-refractivity contribution in [1.82, 2.24) is 9.78 Å². The van der Waals surface area contributed by atoms with E-state index in [1.165, 1.54) is 10.9 Å². The second kappa shape index (κ2) is 7.09. The maximum Gasteiger partial charge on any atom is 0.394 e. The summed E-state index contributed by atoms with van der Waals surface area (Å²) in [6, 6.07) is 0. The Morgan fingerprint density at radius 3 is 1.39 bits per heavy atom. The van der Waals surface area contributed by atoms with E-state index in [0.29, 0.717) is 11.5 Å². The highest BCUT2D eigenvalue weighted by molar-refractivity contribution is 7.80. The molecule has 0 atom stereocenters. The molecule has 0 saturated carbocycles. The molecule has 18 heavy (non-hydrogen) atoms. The predicted molar refractivity (Wildman–Crippen MR) is 60.4 cm³/mol. The van der Waals surface area contributed by atoms with E-state index in [9.17, 15) is 0 Å². The minimum atomic E-state index is -4.67. The Morgan fingerprint density at radius 1 is 1.06 bits per heavy atom. The summed E-state index contributed by atoms with van der Waals surface area (Å²) in [6.45, 7) is 0. The summed E-state index contributed by atoms with van der Waals surface area (Å²) in [6.07, 6.45) is 1.52. The Balaban J connectivity index is 0. The van der Waals surface area contributed by atoms with E-state index in [0.717, 1.165) is 0 Å². The SMILES string of the molecule is Cn1ncc(N)c1N.O=S(=O)(O)O.O=S(=O)(O)O. The van der Waals surface area contributed by atoms with Gasteiger partial charge in [0.2, 0.25) is 0 Å². The van der Waals surface area contributed by atoms with Crippen molar-refractivity contribution in [1.29, 1.82) is 0 Å². The lowest BCUT2D eigenvalue weighted by Crippen LogP contribution is -1.98. The highest BCUT2D eigenvalue weighted by Crippen LogP contribution is 2.08. The molecule has 0 saturated heterocycles. The molecule has 0 amide bonds. The molecule has 0 aliphatic carbocycles. The molecule has 0 aliphatic heterocycles. The van der Waals surface area contributed by atoms with Gasteiger partial charge in [-0.1, -0.05) is 0 Å². The van der Waals surface area contributed by atoms with Gasteiger partial charge >= 0.3 is 20.8 Å². The van der Waals surface area contributed by atoms with Crippen molar-refractivity contribution >= 4 is 32.3 Å². The van der Waals surface area contributed by atoms with Crippen molar-refractivity contribution in [3.8, 4) is 0 Å².